The zero-order valence-electron chi connectivity index (χ0n) is 13.5. The fourth-order valence-electron chi connectivity index (χ4n) is 2.82. The van der Waals surface area contributed by atoms with E-state index in [0.717, 1.165) is 23.8 Å². The van der Waals surface area contributed by atoms with Gasteiger partial charge in [-0.3, -0.25) is 4.68 Å². The molecule has 1 aliphatic heterocycles. The maximum Gasteiger partial charge on any atom is 0.242 e. The number of aromatic nitrogens is 2. The van der Waals surface area contributed by atoms with Gasteiger partial charge in [0.05, 0.1) is 22.7 Å². The third-order valence-corrected chi connectivity index (χ3v) is 5.60. The number of nitrogens with zero attached hydrogens (tertiary/aromatic N) is 3. The van der Waals surface area contributed by atoms with E-state index in [1.54, 1.807) is 16.9 Å². The van der Waals surface area contributed by atoms with Gasteiger partial charge in [0.25, 0.3) is 0 Å². The van der Waals surface area contributed by atoms with Gasteiger partial charge in [0.15, 0.2) is 0 Å². The Balaban J connectivity index is 1.86. The average Bonchev–Trinajstić information content (AvgIpc) is 3.22. The molecule has 9 heteroatoms. The molecular formula is C16H17FN4O3S. The lowest BCUT2D eigenvalue weighted by Crippen LogP contribution is -2.37. The van der Waals surface area contributed by atoms with Crippen molar-refractivity contribution in [2.75, 3.05) is 6.61 Å². The Morgan fingerprint density at radius 2 is 2.32 bits per heavy atom. The van der Waals surface area contributed by atoms with Gasteiger partial charge >= 0.3 is 0 Å². The third-order valence-electron chi connectivity index (χ3n) is 4.06. The van der Waals surface area contributed by atoms with Crippen LogP contribution in [0.4, 0.5) is 4.39 Å². The molecule has 1 aromatic carbocycles. The summed E-state index contributed by atoms with van der Waals surface area (Å²) in [6.45, 7) is 3.05. The van der Waals surface area contributed by atoms with Crippen molar-refractivity contribution in [2.45, 2.75) is 36.9 Å². The molecule has 1 N–H and O–H groups in total. The monoisotopic (exact) mass is 364 g/mol. The van der Waals surface area contributed by atoms with Crippen molar-refractivity contribution in [3.05, 3.63) is 47.5 Å². The topological polar surface area (TPSA) is 97.0 Å². The first kappa shape index (κ1) is 17.5. The summed E-state index contributed by atoms with van der Waals surface area (Å²) >= 11 is 0. The van der Waals surface area contributed by atoms with Crippen LogP contribution in [0.25, 0.3) is 0 Å². The summed E-state index contributed by atoms with van der Waals surface area (Å²) in [5.74, 6) is -0.662. The molecule has 2 heterocycles. The fraction of sp³-hybridized carbons (Fsp3) is 0.375. The van der Waals surface area contributed by atoms with Gasteiger partial charge in [-0.15, -0.1) is 0 Å². The molecule has 0 amide bonds. The molecule has 1 fully saturated rings. The molecule has 2 aromatic rings. The first-order chi connectivity index (χ1) is 11.9. The van der Waals surface area contributed by atoms with E-state index in [0.29, 0.717) is 19.6 Å². The molecule has 0 aliphatic carbocycles. The highest BCUT2D eigenvalue weighted by atomic mass is 32.2. The molecule has 0 saturated carbocycles. The van der Waals surface area contributed by atoms with Crippen molar-refractivity contribution in [3.8, 4) is 6.07 Å². The van der Waals surface area contributed by atoms with E-state index < -0.39 is 28.0 Å². The summed E-state index contributed by atoms with van der Waals surface area (Å²) in [6, 6.07) is 4.24. The molecule has 1 aromatic heterocycles. The minimum atomic E-state index is -3.99. The Kier molecular flexibility index (Phi) is 4.85. The summed E-state index contributed by atoms with van der Waals surface area (Å²) in [7, 11) is -3.99. The van der Waals surface area contributed by atoms with E-state index in [9.17, 15) is 12.8 Å². The van der Waals surface area contributed by atoms with Crippen molar-refractivity contribution in [1.82, 2.24) is 14.5 Å². The third kappa shape index (κ3) is 3.56. The van der Waals surface area contributed by atoms with Gasteiger partial charge < -0.3 is 4.74 Å². The Bertz CT molecular complexity index is 920. The normalized spacial score (nSPS) is 20.5. The van der Waals surface area contributed by atoms with E-state index >= 15 is 0 Å². The zero-order valence-corrected chi connectivity index (χ0v) is 14.3. The highest BCUT2D eigenvalue weighted by molar-refractivity contribution is 7.89. The summed E-state index contributed by atoms with van der Waals surface area (Å²) in [6.07, 6.45) is 3.50. The highest BCUT2D eigenvalue weighted by Gasteiger charge is 2.34. The minimum absolute atomic E-state index is 0.234. The molecule has 3 rings (SSSR count). The number of rotatable bonds is 5. The molecule has 1 aliphatic rings. The predicted octanol–water partition coefficient (Wildman–Crippen LogP) is 1.72. The lowest BCUT2D eigenvalue weighted by atomic mass is 10.1. The van der Waals surface area contributed by atoms with Gasteiger partial charge in [0.2, 0.25) is 10.0 Å². The van der Waals surface area contributed by atoms with Crippen LogP contribution in [0.2, 0.25) is 0 Å². The second kappa shape index (κ2) is 6.92. The van der Waals surface area contributed by atoms with Gasteiger partial charge in [-0.25, -0.2) is 17.5 Å². The van der Waals surface area contributed by atoms with E-state index in [1.807, 2.05) is 13.1 Å². The van der Waals surface area contributed by atoms with Crippen molar-refractivity contribution in [3.63, 3.8) is 0 Å². The molecule has 132 valence electrons. The first-order valence-corrected chi connectivity index (χ1v) is 9.29. The van der Waals surface area contributed by atoms with Crippen LogP contribution in [0.5, 0.6) is 0 Å². The Labute approximate surface area is 145 Å². The van der Waals surface area contributed by atoms with Crippen LogP contribution in [0.15, 0.2) is 35.5 Å². The largest absolute Gasteiger partial charge is 0.372 e. The Morgan fingerprint density at radius 1 is 1.52 bits per heavy atom. The maximum absolute atomic E-state index is 13.3. The zero-order chi connectivity index (χ0) is 18.0. The van der Waals surface area contributed by atoms with E-state index in [1.165, 1.54) is 0 Å². The van der Waals surface area contributed by atoms with Crippen molar-refractivity contribution >= 4 is 10.0 Å². The molecule has 7 nitrogen and oxygen atoms in total. The van der Waals surface area contributed by atoms with Gasteiger partial charge in [-0.2, -0.15) is 10.4 Å². The lowest BCUT2D eigenvalue weighted by molar-refractivity contribution is 0.102. The van der Waals surface area contributed by atoms with Crippen LogP contribution < -0.4 is 4.72 Å². The number of aryl methyl sites for hydroxylation is 1. The molecule has 1 saturated heterocycles. The Hall–Kier alpha value is -2.28. The standard InChI is InChI=1S/C16H17FN4O3S/c1-2-21-10-12(9-19-21)16-14(5-6-24-16)20-25(22,23)15-4-3-13(17)7-11(15)8-18/h3-4,7,9-10,14,16,20H,2,5-6H2,1H3/t14-,16+/m0/s1. The molecular weight excluding hydrogens is 347 g/mol. The van der Waals surface area contributed by atoms with Gasteiger partial charge in [-0.1, -0.05) is 0 Å². The molecule has 0 bridgehead atoms. The van der Waals surface area contributed by atoms with Crippen molar-refractivity contribution in [1.29, 1.82) is 5.26 Å². The van der Waals surface area contributed by atoms with Gasteiger partial charge in [0, 0.05) is 24.9 Å². The summed E-state index contributed by atoms with van der Waals surface area (Å²) in [5.41, 5.74) is 0.549. The SMILES string of the molecule is CCn1cc([C@H]2OCC[C@@H]2NS(=O)(=O)c2ccc(F)cc2C#N)cn1. The number of hydrogen-bond acceptors (Lipinski definition) is 5. The second-order valence-corrected chi connectivity index (χ2v) is 7.37. The van der Waals surface area contributed by atoms with Gasteiger partial charge in [0.1, 0.15) is 18.0 Å². The quantitative estimate of drug-likeness (QED) is 0.871. The predicted molar refractivity (Wildman–Crippen MR) is 86.4 cm³/mol. The number of sulfonamides is 1. The summed E-state index contributed by atoms with van der Waals surface area (Å²) in [5, 5.41) is 13.3. The first-order valence-electron chi connectivity index (χ1n) is 7.80. The molecule has 0 radical (unpaired) electrons. The van der Waals surface area contributed by atoms with Crippen molar-refractivity contribution in [2.24, 2.45) is 0 Å². The van der Waals surface area contributed by atoms with E-state index in [-0.39, 0.29) is 10.5 Å². The van der Waals surface area contributed by atoms with Crippen LogP contribution in [0.1, 0.15) is 30.6 Å². The number of halogens is 1. The molecule has 0 spiro atoms. The minimum Gasteiger partial charge on any atom is -0.372 e. The van der Waals surface area contributed by atoms with Gasteiger partial charge in [-0.05, 0) is 31.5 Å². The van der Waals surface area contributed by atoms with Crippen LogP contribution in [-0.2, 0) is 21.3 Å². The number of nitrogens with one attached hydrogen (secondary N) is 1. The number of ether oxygens (including phenoxy) is 1. The lowest BCUT2D eigenvalue weighted by Gasteiger charge is -2.19. The maximum atomic E-state index is 13.3. The van der Waals surface area contributed by atoms with Crippen LogP contribution in [0.3, 0.4) is 0 Å². The smallest absolute Gasteiger partial charge is 0.242 e. The number of hydrogen-bond donors (Lipinski definition) is 1. The Morgan fingerprint density at radius 3 is 3.00 bits per heavy atom. The second-order valence-electron chi connectivity index (χ2n) is 5.69. The summed E-state index contributed by atoms with van der Waals surface area (Å²) < 4.78 is 48.5. The average molecular weight is 364 g/mol. The molecule has 2 atom stereocenters. The summed E-state index contributed by atoms with van der Waals surface area (Å²) in [4.78, 5) is -0.244. The van der Waals surface area contributed by atoms with Crippen molar-refractivity contribution < 1.29 is 17.5 Å². The van der Waals surface area contributed by atoms with E-state index in [2.05, 4.69) is 9.82 Å². The van der Waals surface area contributed by atoms with E-state index in [4.69, 9.17) is 10.00 Å². The fourth-order valence-corrected chi connectivity index (χ4v) is 4.23. The molecule has 0 unspecified atom stereocenters. The molecule has 25 heavy (non-hydrogen) atoms. The van der Waals surface area contributed by atoms with Crippen LogP contribution >= 0.6 is 0 Å². The number of nitriles is 1. The highest BCUT2D eigenvalue weighted by Crippen LogP contribution is 2.30. The van der Waals surface area contributed by atoms with Crippen LogP contribution in [-0.4, -0.2) is 30.8 Å². The number of benzene rings is 1. The van der Waals surface area contributed by atoms with Crippen LogP contribution in [0, 0.1) is 17.1 Å².